The van der Waals surface area contributed by atoms with Crippen LogP contribution in [0, 0.1) is 17.8 Å². The van der Waals surface area contributed by atoms with Gasteiger partial charge < -0.3 is 19.4 Å². The van der Waals surface area contributed by atoms with Crippen LogP contribution in [0.2, 0.25) is 0 Å². The molecule has 13 heteroatoms. The Balaban J connectivity index is 1.56. The van der Waals surface area contributed by atoms with Gasteiger partial charge in [-0.15, -0.1) is 0 Å². The average Bonchev–Trinajstić information content (AvgIpc) is 3.29. The second-order valence-corrected chi connectivity index (χ2v) is 12.3. The van der Waals surface area contributed by atoms with Crippen LogP contribution in [0.25, 0.3) is 10.9 Å². The van der Waals surface area contributed by atoms with Gasteiger partial charge in [-0.2, -0.15) is 13.2 Å². The number of aliphatic imine (C=N–C) groups is 1. The number of piperidine rings is 1. The first-order chi connectivity index (χ1) is 20.4. The SMILES string of the molecule is COCCN1CCC(C=Nc2cccc3c2cc(C#CCNc2ccc(S(C)(=O)=O)cc2OC)n3CC(F)(F)F)[C@H](F)C1. The van der Waals surface area contributed by atoms with Crippen LogP contribution in [0.4, 0.5) is 28.9 Å². The summed E-state index contributed by atoms with van der Waals surface area (Å²) in [7, 11) is -0.436. The van der Waals surface area contributed by atoms with E-state index >= 15 is 0 Å². The van der Waals surface area contributed by atoms with E-state index in [0.717, 1.165) is 10.8 Å². The molecule has 0 saturated carbocycles. The molecule has 0 bridgehead atoms. The van der Waals surface area contributed by atoms with Gasteiger partial charge in [0.25, 0.3) is 0 Å². The van der Waals surface area contributed by atoms with Crippen molar-refractivity contribution in [3.8, 4) is 17.6 Å². The zero-order valence-electron chi connectivity index (χ0n) is 24.1. The van der Waals surface area contributed by atoms with Gasteiger partial charge in [-0.25, -0.2) is 12.8 Å². The summed E-state index contributed by atoms with van der Waals surface area (Å²) >= 11 is 0. The molecule has 0 radical (unpaired) electrons. The molecule has 1 fully saturated rings. The zero-order valence-corrected chi connectivity index (χ0v) is 24.9. The largest absolute Gasteiger partial charge is 0.495 e. The number of ether oxygens (including phenoxy) is 2. The van der Waals surface area contributed by atoms with Gasteiger partial charge in [0, 0.05) is 50.0 Å². The van der Waals surface area contributed by atoms with E-state index in [9.17, 15) is 26.0 Å². The molecule has 0 aliphatic carbocycles. The number of sulfone groups is 1. The first kappa shape index (κ1) is 32.3. The molecule has 1 aliphatic heterocycles. The fraction of sp³-hybridized carbons (Fsp3) is 0.433. The smallest absolute Gasteiger partial charge is 0.406 e. The first-order valence-electron chi connectivity index (χ1n) is 13.6. The molecule has 2 atom stereocenters. The number of benzene rings is 2. The second-order valence-electron chi connectivity index (χ2n) is 10.3. The number of likely N-dealkylation sites (tertiary alicyclic amines) is 1. The Morgan fingerprint density at radius 1 is 1.19 bits per heavy atom. The minimum Gasteiger partial charge on any atom is -0.495 e. The van der Waals surface area contributed by atoms with E-state index in [4.69, 9.17) is 9.47 Å². The number of alkyl halides is 4. The maximum atomic E-state index is 14.8. The van der Waals surface area contributed by atoms with Crippen LogP contribution in [0.5, 0.6) is 5.75 Å². The van der Waals surface area contributed by atoms with E-state index in [1.165, 1.54) is 25.3 Å². The lowest BCUT2D eigenvalue weighted by atomic mass is 9.96. The second kappa shape index (κ2) is 13.8. The van der Waals surface area contributed by atoms with E-state index in [2.05, 4.69) is 22.2 Å². The fourth-order valence-electron chi connectivity index (χ4n) is 4.91. The molecule has 0 spiro atoms. The number of anilines is 1. The van der Waals surface area contributed by atoms with Crippen LogP contribution >= 0.6 is 0 Å². The molecule has 4 rings (SSSR count). The van der Waals surface area contributed by atoms with E-state index in [-0.39, 0.29) is 29.4 Å². The quantitative estimate of drug-likeness (QED) is 0.193. The predicted octanol–water partition coefficient (Wildman–Crippen LogP) is 5.09. The molecule has 1 N–H and O–H groups in total. The highest BCUT2D eigenvalue weighted by Crippen LogP contribution is 2.32. The van der Waals surface area contributed by atoms with E-state index in [1.807, 2.05) is 4.90 Å². The molecule has 1 aliphatic rings. The Labute approximate surface area is 248 Å². The van der Waals surface area contributed by atoms with Crippen molar-refractivity contribution in [2.45, 2.75) is 30.2 Å². The Morgan fingerprint density at radius 3 is 2.65 bits per heavy atom. The lowest BCUT2D eigenvalue weighted by Crippen LogP contribution is -2.43. The number of hydrogen-bond acceptors (Lipinski definition) is 7. The maximum Gasteiger partial charge on any atom is 0.406 e. The number of aromatic nitrogens is 1. The number of nitrogens with one attached hydrogen (secondary N) is 1. The number of rotatable bonds is 10. The average molecular weight is 623 g/mol. The van der Waals surface area contributed by atoms with Crippen molar-refractivity contribution in [1.82, 2.24) is 9.47 Å². The van der Waals surface area contributed by atoms with Crippen molar-refractivity contribution in [2.24, 2.45) is 10.9 Å². The summed E-state index contributed by atoms with van der Waals surface area (Å²) in [4.78, 5) is 6.59. The lowest BCUT2D eigenvalue weighted by Gasteiger charge is -2.32. The standard InChI is InChI=1S/C30H34F4N4O4S/c1-41-15-14-37-13-11-21(25(31)19-37)18-36-26-7-4-8-28-24(26)16-22(38(28)20-30(32,33)34)6-5-12-35-27-10-9-23(43(3,39)40)17-29(27)42-2/h4,7-10,16-18,21,25,35H,11-15,19-20H2,1-3H3/t21?,25-/m1/s1. The van der Waals surface area contributed by atoms with Crippen LogP contribution in [0.3, 0.4) is 0 Å². The molecular formula is C30H34F4N4O4S. The van der Waals surface area contributed by atoms with Crippen molar-refractivity contribution >= 4 is 38.3 Å². The van der Waals surface area contributed by atoms with Crippen molar-refractivity contribution in [1.29, 1.82) is 0 Å². The van der Waals surface area contributed by atoms with Crippen molar-refractivity contribution in [2.75, 3.05) is 58.6 Å². The molecule has 2 aromatic carbocycles. The highest BCUT2D eigenvalue weighted by molar-refractivity contribution is 7.90. The van der Waals surface area contributed by atoms with Crippen molar-refractivity contribution in [3.05, 3.63) is 48.2 Å². The van der Waals surface area contributed by atoms with Crippen molar-refractivity contribution in [3.63, 3.8) is 0 Å². The Morgan fingerprint density at radius 2 is 1.98 bits per heavy atom. The van der Waals surface area contributed by atoms with Gasteiger partial charge in [0.05, 0.1) is 47.7 Å². The summed E-state index contributed by atoms with van der Waals surface area (Å²) in [5, 5.41) is 3.48. The summed E-state index contributed by atoms with van der Waals surface area (Å²) < 4.78 is 90.6. The van der Waals surface area contributed by atoms with Crippen LogP contribution in [-0.4, -0.2) is 89.7 Å². The summed E-state index contributed by atoms with van der Waals surface area (Å²) in [6.45, 7) is 0.954. The van der Waals surface area contributed by atoms with E-state index < -0.39 is 34.6 Å². The number of halogens is 4. The first-order valence-corrected chi connectivity index (χ1v) is 15.5. The minimum absolute atomic E-state index is 0.0497. The minimum atomic E-state index is -4.49. The molecule has 2 heterocycles. The molecule has 3 aromatic rings. The highest BCUT2D eigenvalue weighted by Gasteiger charge is 2.30. The van der Waals surface area contributed by atoms with Gasteiger partial charge in [-0.05, 0) is 49.2 Å². The Bertz CT molecular complexity index is 1630. The molecular weight excluding hydrogens is 588 g/mol. The third-order valence-corrected chi connectivity index (χ3v) is 8.25. The summed E-state index contributed by atoms with van der Waals surface area (Å²) in [6, 6.07) is 10.8. The summed E-state index contributed by atoms with van der Waals surface area (Å²) in [6.07, 6.45) is -2.38. The Hall–Kier alpha value is -3.60. The Kier molecular flexibility index (Phi) is 10.4. The molecule has 0 amide bonds. The predicted molar refractivity (Wildman–Crippen MR) is 159 cm³/mol. The molecule has 232 valence electrons. The van der Waals surface area contributed by atoms with Gasteiger partial charge in [-0.1, -0.05) is 12.0 Å². The van der Waals surface area contributed by atoms with Gasteiger partial charge in [0.1, 0.15) is 18.5 Å². The molecule has 1 aromatic heterocycles. The number of methoxy groups -OCH3 is 2. The third-order valence-electron chi connectivity index (χ3n) is 7.14. The van der Waals surface area contributed by atoms with Gasteiger partial charge >= 0.3 is 6.18 Å². The highest BCUT2D eigenvalue weighted by atomic mass is 32.2. The molecule has 43 heavy (non-hydrogen) atoms. The normalized spacial score (nSPS) is 18.1. The molecule has 1 saturated heterocycles. The summed E-state index contributed by atoms with van der Waals surface area (Å²) in [5.74, 6) is 5.54. The topological polar surface area (TPSA) is 85.2 Å². The van der Waals surface area contributed by atoms with Gasteiger partial charge in [0.2, 0.25) is 0 Å². The number of hydrogen-bond donors (Lipinski definition) is 1. The number of fused-ring (bicyclic) bond motifs is 1. The molecule has 8 nitrogen and oxygen atoms in total. The lowest BCUT2D eigenvalue weighted by molar-refractivity contribution is -0.140. The van der Waals surface area contributed by atoms with Gasteiger partial charge in [-0.3, -0.25) is 9.89 Å². The fourth-order valence-corrected chi connectivity index (χ4v) is 5.55. The molecule has 1 unspecified atom stereocenters. The van der Waals surface area contributed by atoms with Crippen molar-refractivity contribution < 1.29 is 35.5 Å². The maximum absolute atomic E-state index is 14.8. The van der Waals surface area contributed by atoms with Crippen LogP contribution in [0.15, 0.2) is 52.4 Å². The third kappa shape index (κ3) is 8.49. The van der Waals surface area contributed by atoms with E-state index in [1.54, 1.807) is 37.6 Å². The monoisotopic (exact) mass is 622 g/mol. The van der Waals surface area contributed by atoms with Crippen LogP contribution < -0.4 is 10.1 Å². The van der Waals surface area contributed by atoms with Crippen LogP contribution in [-0.2, 0) is 21.1 Å². The summed E-state index contributed by atoms with van der Waals surface area (Å²) in [5.41, 5.74) is 1.37. The zero-order chi connectivity index (χ0) is 31.2. The number of nitrogens with zero attached hydrogens (tertiary/aromatic N) is 3. The van der Waals surface area contributed by atoms with Gasteiger partial charge in [0.15, 0.2) is 9.84 Å². The van der Waals surface area contributed by atoms with Crippen LogP contribution in [0.1, 0.15) is 12.1 Å². The van der Waals surface area contributed by atoms with E-state index in [0.29, 0.717) is 48.4 Å².